The van der Waals surface area contributed by atoms with Gasteiger partial charge in [-0.15, -0.1) is 0 Å². The summed E-state index contributed by atoms with van der Waals surface area (Å²) in [4.78, 5) is 9.90. The van der Waals surface area contributed by atoms with Crippen LogP contribution in [-0.2, 0) is 25.0 Å². The second kappa shape index (κ2) is 10.6. The van der Waals surface area contributed by atoms with Gasteiger partial charge in [-0.3, -0.25) is 9.11 Å². The van der Waals surface area contributed by atoms with Crippen LogP contribution in [0.15, 0.2) is 0 Å². The molecule has 0 aliphatic heterocycles. The molecule has 0 saturated carbocycles. The van der Waals surface area contributed by atoms with Crippen LogP contribution in [0.2, 0.25) is 0 Å². The van der Waals surface area contributed by atoms with Crippen LogP contribution in [0, 0.1) is 0 Å². The topological polar surface area (TPSA) is 193 Å². The third-order valence-electron chi connectivity index (χ3n) is 1.54. The van der Waals surface area contributed by atoms with Crippen molar-refractivity contribution in [2.75, 3.05) is 6.61 Å². The van der Waals surface area contributed by atoms with E-state index in [1.807, 2.05) is 0 Å². The maximum absolute atomic E-state index is 9.90. The first-order chi connectivity index (χ1) is 8.18. The molecule has 6 atom stereocenters. The Labute approximate surface area is 106 Å². The standard InChI is InChI=1S/C6H12O6.H2O4S2/c7-1-3(9)5(11)6(12)4(10)2-8;1-5(2)6(3)4/h1,3-6,8-12H,2H2;(H,1,2)(H,3,4)/t3-,4+,5+,6+;/m0./s1. The van der Waals surface area contributed by atoms with Crippen molar-refractivity contribution in [1.82, 2.24) is 0 Å². The lowest BCUT2D eigenvalue weighted by atomic mass is 10.0. The van der Waals surface area contributed by atoms with Gasteiger partial charge in [-0.1, -0.05) is 0 Å². The molecule has 0 aromatic carbocycles. The molecule has 0 aromatic rings. The second-order valence-corrected chi connectivity index (χ2v) is 5.37. The third-order valence-corrected chi connectivity index (χ3v) is 2.52. The van der Waals surface area contributed by atoms with E-state index in [0.29, 0.717) is 0 Å². The Morgan fingerprint density at radius 3 is 1.56 bits per heavy atom. The molecule has 0 fully saturated rings. The van der Waals surface area contributed by atoms with Gasteiger partial charge in [0.05, 0.1) is 6.61 Å². The highest BCUT2D eigenvalue weighted by Crippen LogP contribution is 2.02. The molecule has 0 amide bonds. The van der Waals surface area contributed by atoms with E-state index < -0.39 is 51.2 Å². The third kappa shape index (κ3) is 8.73. The van der Waals surface area contributed by atoms with Crippen LogP contribution < -0.4 is 0 Å². The average Bonchev–Trinajstić information content (AvgIpc) is 2.35. The molecule has 0 radical (unpaired) electrons. The van der Waals surface area contributed by atoms with Crippen LogP contribution in [0.3, 0.4) is 0 Å². The lowest BCUT2D eigenvalue weighted by Crippen LogP contribution is -2.46. The molecule has 110 valence electrons. The molecule has 0 aliphatic rings. The maximum atomic E-state index is 9.90. The fourth-order valence-electron chi connectivity index (χ4n) is 0.618. The summed E-state index contributed by atoms with van der Waals surface area (Å²) in [5, 5.41) is 43.5. The summed E-state index contributed by atoms with van der Waals surface area (Å²) in [6.45, 7) is -0.760. The minimum Gasteiger partial charge on any atom is -0.394 e. The number of aliphatic hydroxyl groups is 5. The zero-order valence-corrected chi connectivity index (χ0v) is 10.4. The summed E-state index contributed by atoms with van der Waals surface area (Å²) in [6, 6.07) is 0. The number of hydrogen-bond acceptors (Lipinski definition) is 8. The summed E-state index contributed by atoms with van der Waals surface area (Å²) in [5.74, 6) is 0. The first kappa shape index (κ1) is 20.0. The van der Waals surface area contributed by atoms with Gasteiger partial charge < -0.3 is 30.3 Å². The minimum absolute atomic E-state index is 0.0258. The quantitative estimate of drug-likeness (QED) is 0.144. The first-order valence-electron chi connectivity index (χ1n) is 4.19. The zero-order chi connectivity index (χ0) is 14.9. The fourth-order valence-corrected chi connectivity index (χ4v) is 0.618. The van der Waals surface area contributed by atoms with Gasteiger partial charge in [0.2, 0.25) is 0 Å². The van der Waals surface area contributed by atoms with Crippen molar-refractivity contribution in [3.63, 3.8) is 0 Å². The van der Waals surface area contributed by atoms with Gasteiger partial charge >= 0.3 is 0 Å². The molecule has 7 N–H and O–H groups in total. The van der Waals surface area contributed by atoms with Gasteiger partial charge in [-0.25, -0.2) is 8.42 Å². The Morgan fingerprint density at radius 2 is 1.33 bits per heavy atom. The van der Waals surface area contributed by atoms with Crippen LogP contribution >= 0.6 is 0 Å². The number of aliphatic hydroxyl groups excluding tert-OH is 5. The molecule has 0 spiro atoms. The number of carbonyl (C=O) groups is 1. The minimum atomic E-state index is -2.59. The van der Waals surface area contributed by atoms with Crippen LogP contribution in [-0.4, -0.2) is 80.4 Å². The van der Waals surface area contributed by atoms with Crippen LogP contribution in [0.25, 0.3) is 0 Å². The molecule has 0 saturated heterocycles. The fraction of sp³-hybridized carbons (Fsp3) is 0.833. The Hall–Kier alpha value is -0.310. The average molecular weight is 310 g/mol. The van der Waals surface area contributed by atoms with Crippen molar-refractivity contribution in [1.29, 1.82) is 0 Å². The highest BCUT2D eigenvalue weighted by Gasteiger charge is 2.29. The lowest BCUT2D eigenvalue weighted by molar-refractivity contribution is -0.136. The summed E-state index contributed by atoms with van der Waals surface area (Å²) in [5.41, 5.74) is 0. The van der Waals surface area contributed by atoms with Crippen LogP contribution in [0.5, 0.6) is 0 Å². The predicted molar refractivity (Wildman–Crippen MR) is 58.7 cm³/mol. The molecule has 0 bridgehead atoms. The zero-order valence-electron chi connectivity index (χ0n) is 8.77. The molecular weight excluding hydrogens is 296 g/mol. The predicted octanol–water partition coefficient (Wildman–Crippen LogP) is -4.03. The van der Waals surface area contributed by atoms with Gasteiger partial charge in [0, 0.05) is 0 Å². The van der Waals surface area contributed by atoms with Crippen LogP contribution in [0.1, 0.15) is 0 Å². The van der Waals surface area contributed by atoms with E-state index in [9.17, 15) is 13.2 Å². The molecule has 0 aliphatic carbocycles. The van der Waals surface area contributed by atoms with Gasteiger partial charge in [0.15, 0.2) is 6.29 Å². The Balaban J connectivity index is 0. The van der Waals surface area contributed by atoms with E-state index in [1.165, 1.54) is 0 Å². The van der Waals surface area contributed by atoms with E-state index in [0.717, 1.165) is 0 Å². The molecule has 12 heteroatoms. The highest BCUT2D eigenvalue weighted by atomic mass is 33.2. The van der Waals surface area contributed by atoms with Crippen LogP contribution in [0.4, 0.5) is 0 Å². The molecule has 10 nitrogen and oxygen atoms in total. The van der Waals surface area contributed by atoms with E-state index >= 15 is 0 Å². The number of hydrogen-bond donors (Lipinski definition) is 7. The second-order valence-electron chi connectivity index (χ2n) is 2.79. The van der Waals surface area contributed by atoms with Gasteiger partial charge in [-0.05, 0) is 0 Å². The normalized spacial score (nSPS) is 20.6. The van der Waals surface area contributed by atoms with Gasteiger partial charge in [0.25, 0.3) is 20.2 Å². The number of aldehydes is 1. The summed E-state index contributed by atoms with van der Waals surface area (Å²) >= 11 is 0. The lowest BCUT2D eigenvalue weighted by Gasteiger charge is -2.22. The first-order valence-corrected chi connectivity index (χ1v) is 6.92. The largest absolute Gasteiger partial charge is 0.394 e. The maximum Gasteiger partial charge on any atom is 0.274 e. The summed E-state index contributed by atoms with van der Waals surface area (Å²) < 4.78 is 33.6. The van der Waals surface area contributed by atoms with E-state index in [4.69, 9.17) is 34.6 Å². The summed E-state index contributed by atoms with van der Waals surface area (Å²) in [6.07, 6.45) is -6.84. The Morgan fingerprint density at radius 1 is 0.944 bits per heavy atom. The van der Waals surface area contributed by atoms with E-state index in [2.05, 4.69) is 0 Å². The molecular formula is C6H14O10S2. The van der Waals surface area contributed by atoms with Crippen molar-refractivity contribution in [3.05, 3.63) is 0 Å². The van der Waals surface area contributed by atoms with Crippen molar-refractivity contribution >= 4 is 26.5 Å². The Bertz CT molecular complexity index is 272. The molecule has 0 rings (SSSR count). The monoisotopic (exact) mass is 310 g/mol. The van der Waals surface area contributed by atoms with E-state index in [-0.39, 0.29) is 6.29 Å². The molecule has 0 heterocycles. The number of rotatable bonds is 6. The number of carbonyl (C=O) groups excluding carboxylic acids is 1. The Kier molecular flexibility index (Phi) is 11.8. The van der Waals surface area contributed by atoms with E-state index in [1.54, 1.807) is 0 Å². The van der Waals surface area contributed by atoms with Crippen molar-refractivity contribution in [2.24, 2.45) is 0 Å². The molecule has 18 heavy (non-hydrogen) atoms. The van der Waals surface area contributed by atoms with Gasteiger partial charge in [0.1, 0.15) is 24.4 Å². The summed E-state index contributed by atoms with van der Waals surface area (Å²) in [7, 11) is -5.18. The molecule has 0 aromatic heterocycles. The SMILES string of the molecule is O=C[C@H](O)[C@@H](O)[C@H](O)[C@H](O)CO.O=S(O)S(=O)O. The van der Waals surface area contributed by atoms with Gasteiger partial charge in [-0.2, -0.15) is 0 Å². The molecule has 2 unspecified atom stereocenters. The smallest absolute Gasteiger partial charge is 0.274 e. The van der Waals surface area contributed by atoms with Crippen molar-refractivity contribution in [3.8, 4) is 0 Å². The van der Waals surface area contributed by atoms with Crippen molar-refractivity contribution < 1.29 is 47.9 Å². The highest BCUT2D eigenvalue weighted by molar-refractivity contribution is 8.56. The van der Waals surface area contributed by atoms with Crippen molar-refractivity contribution in [2.45, 2.75) is 24.4 Å².